The van der Waals surface area contributed by atoms with Crippen LogP contribution in [0.4, 0.5) is 33.3 Å². The molecule has 0 aliphatic carbocycles. The molecule has 8 heteroatoms. The summed E-state index contributed by atoms with van der Waals surface area (Å²) in [6.07, 6.45) is 0. The fourth-order valence-electron chi connectivity index (χ4n) is 2.75. The van der Waals surface area contributed by atoms with Crippen molar-refractivity contribution in [2.24, 2.45) is 0 Å². The van der Waals surface area contributed by atoms with Crippen LogP contribution in [0.3, 0.4) is 0 Å². The van der Waals surface area contributed by atoms with Gasteiger partial charge in [-0.05, 0) is 30.3 Å². The second-order valence-electron chi connectivity index (χ2n) is 5.75. The Balaban J connectivity index is 1.94. The molecule has 0 saturated heterocycles. The van der Waals surface area contributed by atoms with E-state index < -0.39 is 45.8 Å². The third-order valence-corrected chi connectivity index (χ3v) is 4.07. The summed E-state index contributed by atoms with van der Waals surface area (Å²) in [6.45, 7) is 0. The summed E-state index contributed by atoms with van der Waals surface area (Å²) < 4.78 is 69.9. The van der Waals surface area contributed by atoms with E-state index in [1.165, 1.54) is 12.1 Å². The minimum absolute atomic E-state index is 0.106. The molecule has 4 aromatic rings. The van der Waals surface area contributed by atoms with Gasteiger partial charge in [-0.1, -0.05) is 18.2 Å². The third-order valence-electron chi connectivity index (χ3n) is 4.07. The zero-order chi connectivity index (χ0) is 19.1. The van der Waals surface area contributed by atoms with Gasteiger partial charge in [0.05, 0.1) is 5.69 Å². The van der Waals surface area contributed by atoms with Crippen molar-refractivity contribution in [2.75, 3.05) is 10.9 Å². The normalized spacial score (nSPS) is 11.1. The lowest BCUT2D eigenvalue weighted by Crippen LogP contribution is -2.12. The van der Waals surface area contributed by atoms with E-state index in [-0.39, 0.29) is 10.8 Å². The number of fused-ring (bicyclic) bond motifs is 2. The van der Waals surface area contributed by atoms with E-state index in [9.17, 15) is 22.0 Å². The maximum absolute atomic E-state index is 14.4. The topological polar surface area (TPSA) is 37.0 Å². The Morgan fingerprint density at radius 3 is 2.15 bits per heavy atom. The Hall–Kier alpha value is -3.42. The van der Waals surface area contributed by atoms with E-state index in [2.05, 4.69) is 15.8 Å². The van der Waals surface area contributed by atoms with Gasteiger partial charge < -0.3 is 5.43 Å². The molecule has 0 aliphatic rings. The molecule has 0 atom stereocenters. The van der Waals surface area contributed by atoms with E-state index in [0.29, 0.717) is 5.69 Å². The molecule has 0 saturated carbocycles. The second kappa shape index (κ2) is 6.39. The van der Waals surface area contributed by atoms with Gasteiger partial charge in [0.2, 0.25) is 0 Å². The van der Waals surface area contributed by atoms with Gasteiger partial charge in [0.15, 0.2) is 29.1 Å². The van der Waals surface area contributed by atoms with E-state index >= 15 is 0 Å². The van der Waals surface area contributed by atoms with Crippen LogP contribution in [0.1, 0.15) is 0 Å². The molecule has 0 unspecified atom stereocenters. The monoisotopic (exact) mass is 375 g/mol. The highest BCUT2D eigenvalue weighted by molar-refractivity contribution is 6.00. The number of pyridine rings is 1. The smallest absolute Gasteiger partial charge is 0.198 e. The highest BCUT2D eigenvalue weighted by Gasteiger charge is 2.23. The first kappa shape index (κ1) is 17.0. The number of para-hydroxylation sites is 1. The molecule has 4 rings (SSSR count). The quantitative estimate of drug-likeness (QED) is 0.214. The number of benzene rings is 3. The van der Waals surface area contributed by atoms with Gasteiger partial charge in [-0.15, -0.1) is 0 Å². The number of hydrogen-bond acceptors (Lipinski definition) is 3. The SMILES string of the molecule is Fc1ccc2cc3c(NNc4ccccc4)c(F)c(F)c(F)c3nc2c1F. The zero-order valence-corrected chi connectivity index (χ0v) is 13.5. The van der Waals surface area contributed by atoms with Crippen LogP contribution >= 0.6 is 0 Å². The number of halogens is 5. The average molecular weight is 375 g/mol. The summed E-state index contributed by atoms with van der Waals surface area (Å²) >= 11 is 0. The van der Waals surface area contributed by atoms with Gasteiger partial charge in [0.25, 0.3) is 0 Å². The van der Waals surface area contributed by atoms with Crippen molar-refractivity contribution in [1.82, 2.24) is 4.98 Å². The first-order valence-electron chi connectivity index (χ1n) is 7.79. The Bertz CT molecular complexity index is 1180. The number of aromatic nitrogens is 1. The lowest BCUT2D eigenvalue weighted by atomic mass is 10.1. The van der Waals surface area contributed by atoms with Crippen LogP contribution in [-0.4, -0.2) is 4.98 Å². The predicted octanol–water partition coefficient (Wildman–Crippen LogP) is 5.52. The summed E-state index contributed by atoms with van der Waals surface area (Å²) in [6, 6.07) is 11.8. The van der Waals surface area contributed by atoms with Gasteiger partial charge in [-0.3, -0.25) is 5.43 Å². The van der Waals surface area contributed by atoms with E-state index in [0.717, 1.165) is 6.07 Å². The minimum atomic E-state index is -1.77. The minimum Gasteiger partial charge on any atom is -0.301 e. The Morgan fingerprint density at radius 2 is 1.41 bits per heavy atom. The number of nitrogens with one attached hydrogen (secondary N) is 2. The van der Waals surface area contributed by atoms with Crippen molar-refractivity contribution in [3.8, 4) is 0 Å². The molecule has 3 aromatic carbocycles. The molecule has 0 amide bonds. The van der Waals surface area contributed by atoms with Crippen molar-refractivity contribution < 1.29 is 22.0 Å². The van der Waals surface area contributed by atoms with Gasteiger partial charge in [0, 0.05) is 10.8 Å². The van der Waals surface area contributed by atoms with Gasteiger partial charge in [-0.2, -0.15) is 0 Å². The number of nitrogens with zero attached hydrogens (tertiary/aromatic N) is 1. The summed E-state index contributed by atoms with van der Waals surface area (Å²) in [5, 5.41) is -0.0251. The lowest BCUT2D eigenvalue weighted by Gasteiger charge is -2.15. The van der Waals surface area contributed by atoms with Crippen molar-refractivity contribution in [1.29, 1.82) is 0 Å². The Labute approximate surface area is 149 Å². The van der Waals surface area contributed by atoms with Crippen LogP contribution in [-0.2, 0) is 0 Å². The van der Waals surface area contributed by atoms with Crippen LogP contribution in [0, 0.1) is 29.1 Å². The maximum Gasteiger partial charge on any atom is 0.198 e. The Morgan fingerprint density at radius 1 is 0.667 bits per heavy atom. The van der Waals surface area contributed by atoms with E-state index in [1.807, 2.05) is 0 Å². The summed E-state index contributed by atoms with van der Waals surface area (Å²) in [5.41, 5.74) is 4.19. The van der Waals surface area contributed by atoms with Gasteiger partial charge >= 0.3 is 0 Å². The number of anilines is 2. The predicted molar refractivity (Wildman–Crippen MR) is 92.7 cm³/mol. The molecule has 136 valence electrons. The molecule has 3 nitrogen and oxygen atoms in total. The van der Waals surface area contributed by atoms with Crippen LogP contribution in [0.15, 0.2) is 48.5 Å². The maximum atomic E-state index is 14.4. The summed E-state index contributed by atoms with van der Waals surface area (Å²) in [4.78, 5) is 3.69. The molecular formula is C19H10F5N3. The third kappa shape index (κ3) is 2.79. The molecular weight excluding hydrogens is 365 g/mol. The lowest BCUT2D eigenvalue weighted by molar-refractivity contribution is 0.454. The molecule has 27 heavy (non-hydrogen) atoms. The first-order valence-corrected chi connectivity index (χ1v) is 7.79. The molecule has 0 spiro atoms. The molecule has 0 radical (unpaired) electrons. The Kier molecular flexibility index (Phi) is 4.02. The van der Waals surface area contributed by atoms with Crippen molar-refractivity contribution in [2.45, 2.75) is 0 Å². The molecule has 1 aromatic heterocycles. The molecule has 0 fully saturated rings. The largest absolute Gasteiger partial charge is 0.301 e. The standard InChI is InChI=1S/C19H10F5N3/c20-12-7-6-9-8-11-18(25-17(9)13(12)21)15(23)14(22)16(24)19(11)27-26-10-4-2-1-3-5-10/h1-8,26-27H. The van der Waals surface area contributed by atoms with E-state index in [4.69, 9.17) is 0 Å². The fraction of sp³-hybridized carbons (Fsp3) is 0. The molecule has 0 bridgehead atoms. The number of hydrogen-bond donors (Lipinski definition) is 2. The van der Waals surface area contributed by atoms with Crippen LogP contribution in [0.5, 0.6) is 0 Å². The first-order chi connectivity index (χ1) is 13.0. The highest BCUT2D eigenvalue weighted by Crippen LogP contribution is 2.34. The van der Waals surface area contributed by atoms with Crippen molar-refractivity contribution >= 4 is 33.2 Å². The van der Waals surface area contributed by atoms with Gasteiger partial charge in [-0.25, -0.2) is 26.9 Å². The second-order valence-corrected chi connectivity index (χ2v) is 5.75. The van der Waals surface area contributed by atoms with Crippen LogP contribution in [0.25, 0.3) is 21.8 Å². The zero-order valence-electron chi connectivity index (χ0n) is 13.5. The van der Waals surface area contributed by atoms with Gasteiger partial charge in [0.1, 0.15) is 16.7 Å². The molecule has 2 N–H and O–H groups in total. The number of hydrazine groups is 1. The molecule has 1 heterocycles. The van der Waals surface area contributed by atoms with Crippen molar-refractivity contribution in [3.05, 3.63) is 77.6 Å². The average Bonchev–Trinajstić information content (AvgIpc) is 2.69. The van der Waals surface area contributed by atoms with Crippen molar-refractivity contribution in [3.63, 3.8) is 0 Å². The number of rotatable bonds is 3. The highest BCUT2D eigenvalue weighted by atomic mass is 19.2. The van der Waals surface area contributed by atoms with E-state index in [1.54, 1.807) is 30.3 Å². The molecule has 0 aliphatic heterocycles. The fourth-order valence-corrected chi connectivity index (χ4v) is 2.75. The van der Waals surface area contributed by atoms with Crippen LogP contribution < -0.4 is 10.9 Å². The van der Waals surface area contributed by atoms with Crippen LogP contribution in [0.2, 0.25) is 0 Å². The summed E-state index contributed by atoms with van der Waals surface area (Å²) in [5.74, 6) is -7.30. The summed E-state index contributed by atoms with van der Waals surface area (Å²) in [7, 11) is 0.